The number of benzene rings is 1. The predicted molar refractivity (Wildman–Crippen MR) is 79.7 cm³/mol. The molecule has 1 aliphatic rings. The van der Waals surface area contributed by atoms with Crippen LogP contribution >= 0.6 is 0 Å². The highest BCUT2D eigenvalue weighted by atomic mass is 16.3. The van der Waals surface area contributed by atoms with E-state index < -0.39 is 0 Å². The van der Waals surface area contributed by atoms with Crippen molar-refractivity contribution in [3.8, 4) is 5.75 Å². The first kappa shape index (κ1) is 14.9. The maximum atomic E-state index is 12.2. The molecule has 1 aromatic rings. The second kappa shape index (κ2) is 6.27. The quantitative estimate of drug-likeness (QED) is 0.790. The van der Waals surface area contributed by atoms with E-state index in [1.54, 1.807) is 25.1 Å². The Morgan fingerprint density at radius 2 is 2.05 bits per heavy atom. The Morgan fingerprint density at radius 1 is 1.35 bits per heavy atom. The normalized spacial score (nSPS) is 17.7. The van der Waals surface area contributed by atoms with Crippen molar-refractivity contribution < 1.29 is 9.90 Å². The Balaban J connectivity index is 2.02. The monoisotopic (exact) mass is 276 g/mol. The minimum absolute atomic E-state index is 0.0351. The number of aryl methyl sites for hydroxylation is 1. The molecule has 0 aliphatic heterocycles. The molecule has 0 saturated heterocycles. The number of carbonyl (C=O) groups excluding carboxylic acids is 1. The average molecular weight is 276 g/mol. The summed E-state index contributed by atoms with van der Waals surface area (Å²) in [6.45, 7) is 2.98. The summed E-state index contributed by atoms with van der Waals surface area (Å²) >= 11 is 0. The Hall–Kier alpha value is -1.55. The number of phenolic OH excluding ortho intramolecular Hbond substituents is 1. The summed E-state index contributed by atoms with van der Waals surface area (Å²) in [5, 5.41) is 12.9. The van der Waals surface area contributed by atoms with E-state index in [4.69, 9.17) is 5.73 Å². The van der Waals surface area contributed by atoms with Crippen LogP contribution in [0.25, 0.3) is 0 Å². The Labute approximate surface area is 120 Å². The van der Waals surface area contributed by atoms with E-state index in [-0.39, 0.29) is 17.1 Å². The summed E-state index contributed by atoms with van der Waals surface area (Å²) in [5.41, 5.74) is 7.00. The molecule has 4 nitrogen and oxygen atoms in total. The van der Waals surface area contributed by atoms with Crippen molar-refractivity contribution in [3.63, 3.8) is 0 Å². The highest BCUT2D eigenvalue weighted by Crippen LogP contribution is 2.34. The molecule has 1 aliphatic carbocycles. The summed E-state index contributed by atoms with van der Waals surface area (Å²) < 4.78 is 0. The number of aromatic hydroxyl groups is 1. The van der Waals surface area contributed by atoms with Gasteiger partial charge in [0.05, 0.1) is 5.56 Å². The largest absolute Gasteiger partial charge is 0.507 e. The van der Waals surface area contributed by atoms with E-state index in [0.717, 1.165) is 12.8 Å². The van der Waals surface area contributed by atoms with Crippen molar-refractivity contribution in [3.05, 3.63) is 29.3 Å². The van der Waals surface area contributed by atoms with Gasteiger partial charge in [-0.2, -0.15) is 0 Å². The minimum atomic E-state index is -0.218. The molecule has 2 rings (SSSR count). The van der Waals surface area contributed by atoms with Gasteiger partial charge in [0, 0.05) is 6.54 Å². The van der Waals surface area contributed by atoms with Gasteiger partial charge in [-0.1, -0.05) is 31.4 Å². The number of hydrogen-bond acceptors (Lipinski definition) is 3. The zero-order valence-corrected chi connectivity index (χ0v) is 12.1. The van der Waals surface area contributed by atoms with Crippen LogP contribution in [-0.2, 0) is 0 Å². The first-order chi connectivity index (χ1) is 9.58. The van der Waals surface area contributed by atoms with Crippen molar-refractivity contribution in [2.75, 3.05) is 13.1 Å². The van der Waals surface area contributed by atoms with Crippen molar-refractivity contribution in [1.82, 2.24) is 5.32 Å². The third-order valence-corrected chi connectivity index (χ3v) is 4.45. The molecule has 20 heavy (non-hydrogen) atoms. The lowest BCUT2D eigenvalue weighted by Crippen LogP contribution is -2.43. The molecule has 0 aromatic heterocycles. The fraction of sp³-hybridized carbons (Fsp3) is 0.562. The molecule has 0 heterocycles. The molecule has 0 spiro atoms. The number of rotatable bonds is 4. The molecule has 0 bridgehead atoms. The summed E-state index contributed by atoms with van der Waals surface area (Å²) in [5.74, 6) is -0.153. The molecule has 0 radical (unpaired) electrons. The second-order valence-electron chi connectivity index (χ2n) is 5.92. The van der Waals surface area contributed by atoms with Gasteiger partial charge in [-0.05, 0) is 43.4 Å². The summed E-state index contributed by atoms with van der Waals surface area (Å²) in [4.78, 5) is 12.2. The summed E-state index contributed by atoms with van der Waals surface area (Å²) in [6.07, 6.45) is 5.77. The molecule has 4 heteroatoms. The molecular formula is C16H24N2O2. The first-order valence-electron chi connectivity index (χ1n) is 7.35. The van der Waals surface area contributed by atoms with Crippen LogP contribution in [0.15, 0.2) is 18.2 Å². The maximum absolute atomic E-state index is 12.2. The summed E-state index contributed by atoms with van der Waals surface area (Å²) in [7, 11) is 0. The number of nitrogens with two attached hydrogens (primary N) is 1. The predicted octanol–water partition coefficient (Wildman–Crippen LogP) is 2.34. The molecule has 1 amide bonds. The van der Waals surface area contributed by atoms with Gasteiger partial charge in [-0.3, -0.25) is 4.79 Å². The standard InChI is InChI=1S/C16H24N2O2/c1-12-6-5-7-13(14(12)19)15(20)18-11-16(10-17)8-3-2-4-9-16/h5-7,19H,2-4,8-11,17H2,1H3,(H,18,20). The van der Waals surface area contributed by atoms with E-state index in [9.17, 15) is 9.90 Å². The molecule has 0 atom stereocenters. The third kappa shape index (κ3) is 3.12. The summed E-state index contributed by atoms with van der Waals surface area (Å²) in [6, 6.07) is 5.21. The van der Waals surface area contributed by atoms with Gasteiger partial charge < -0.3 is 16.2 Å². The second-order valence-corrected chi connectivity index (χ2v) is 5.92. The van der Waals surface area contributed by atoms with Gasteiger partial charge in [0.25, 0.3) is 5.91 Å². The van der Waals surface area contributed by atoms with Crippen LogP contribution in [0.5, 0.6) is 5.75 Å². The molecule has 110 valence electrons. The topological polar surface area (TPSA) is 75.4 Å². The highest BCUT2D eigenvalue weighted by Gasteiger charge is 2.31. The van der Waals surface area contributed by atoms with Crippen LogP contribution in [0.2, 0.25) is 0 Å². The lowest BCUT2D eigenvalue weighted by molar-refractivity contribution is 0.0911. The number of phenols is 1. The van der Waals surface area contributed by atoms with E-state index in [1.807, 2.05) is 0 Å². The Morgan fingerprint density at radius 3 is 2.70 bits per heavy atom. The lowest BCUT2D eigenvalue weighted by Gasteiger charge is -2.36. The van der Waals surface area contributed by atoms with Gasteiger partial charge >= 0.3 is 0 Å². The number of carbonyl (C=O) groups is 1. The van der Waals surface area contributed by atoms with Crippen LogP contribution in [0.4, 0.5) is 0 Å². The van der Waals surface area contributed by atoms with E-state index in [1.165, 1.54) is 19.3 Å². The van der Waals surface area contributed by atoms with Crippen LogP contribution in [-0.4, -0.2) is 24.1 Å². The van der Waals surface area contributed by atoms with E-state index in [2.05, 4.69) is 5.32 Å². The molecule has 1 fully saturated rings. The smallest absolute Gasteiger partial charge is 0.255 e. The number of amides is 1. The van der Waals surface area contributed by atoms with Gasteiger partial charge in [0.1, 0.15) is 5.75 Å². The molecule has 1 aromatic carbocycles. The van der Waals surface area contributed by atoms with Crippen molar-refractivity contribution in [2.45, 2.75) is 39.0 Å². The van der Waals surface area contributed by atoms with Crippen molar-refractivity contribution >= 4 is 5.91 Å². The molecule has 0 unspecified atom stereocenters. The van der Waals surface area contributed by atoms with Crippen molar-refractivity contribution in [2.24, 2.45) is 11.1 Å². The van der Waals surface area contributed by atoms with Gasteiger partial charge in [0.2, 0.25) is 0 Å². The SMILES string of the molecule is Cc1cccc(C(=O)NCC2(CN)CCCCC2)c1O. The minimum Gasteiger partial charge on any atom is -0.507 e. The van der Waals surface area contributed by atoms with E-state index in [0.29, 0.717) is 24.2 Å². The van der Waals surface area contributed by atoms with Crippen LogP contribution in [0, 0.1) is 12.3 Å². The average Bonchev–Trinajstić information content (AvgIpc) is 2.48. The van der Waals surface area contributed by atoms with Gasteiger partial charge in [0.15, 0.2) is 0 Å². The molecular weight excluding hydrogens is 252 g/mol. The van der Waals surface area contributed by atoms with Crippen molar-refractivity contribution in [1.29, 1.82) is 0 Å². The fourth-order valence-electron chi connectivity index (χ4n) is 2.96. The zero-order chi connectivity index (χ0) is 14.6. The van der Waals surface area contributed by atoms with Crippen LogP contribution < -0.4 is 11.1 Å². The third-order valence-electron chi connectivity index (χ3n) is 4.45. The Kier molecular flexibility index (Phi) is 4.65. The Bertz CT molecular complexity index is 479. The molecule has 1 saturated carbocycles. The van der Waals surface area contributed by atoms with Crippen LogP contribution in [0.1, 0.15) is 48.0 Å². The lowest BCUT2D eigenvalue weighted by atomic mass is 9.74. The first-order valence-corrected chi connectivity index (χ1v) is 7.35. The van der Waals surface area contributed by atoms with Crippen LogP contribution in [0.3, 0.4) is 0 Å². The number of para-hydroxylation sites is 1. The van der Waals surface area contributed by atoms with Gasteiger partial charge in [-0.25, -0.2) is 0 Å². The molecule has 4 N–H and O–H groups in total. The van der Waals surface area contributed by atoms with E-state index >= 15 is 0 Å². The fourth-order valence-corrected chi connectivity index (χ4v) is 2.96. The maximum Gasteiger partial charge on any atom is 0.255 e. The number of nitrogens with one attached hydrogen (secondary N) is 1. The zero-order valence-electron chi connectivity index (χ0n) is 12.1. The highest BCUT2D eigenvalue weighted by molar-refractivity contribution is 5.97. The number of hydrogen-bond donors (Lipinski definition) is 3. The van der Waals surface area contributed by atoms with Gasteiger partial charge in [-0.15, -0.1) is 0 Å².